The van der Waals surface area contributed by atoms with Gasteiger partial charge < -0.3 is 10.0 Å². The summed E-state index contributed by atoms with van der Waals surface area (Å²) in [6.45, 7) is 0.822. The predicted octanol–water partition coefficient (Wildman–Crippen LogP) is 3.93. The van der Waals surface area contributed by atoms with E-state index in [2.05, 4.69) is 31.9 Å². The van der Waals surface area contributed by atoms with Crippen LogP contribution in [-0.4, -0.2) is 33.8 Å². The Balaban J connectivity index is 2.11. The minimum absolute atomic E-state index is 0.0277. The van der Waals surface area contributed by atoms with Gasteiger partial charge in [-0.3, -0.25) is 4.79 Å². The van der Waals surface area contributed by atoms with Crippen molar-refractivity contribution in [2.75, 3.05) is 11.9 Å². The lowest BCUT2D eigenvalue weighted by atomic mass is 10.1. The van der Waals surface area contributed by atoms with Crippen LogP contribution in [0.4, 0.5) is 0 Å². The number of rotatable bonds is 4. The average Bonchev–Trinajstić information content (AvgIpc) is 2.87. The van der Waals surface area contributed by atoms with Gasteiger partial charge in [0.05, 0.1) is 4.47 Å². The lowest BCUT2D eigenvalue weighted by molar-refractivity contribution is 0.0730. The second kappa shape index (κ2) is 6.75. The number of halogens is 2. The predicted molar refractivity (Wildman–Crippen MR) is 82.9 cm³/mol. The van der Waals surface area contributed by atoms with Gasteiger partial charge in [-0.2, -0.15) is 0 Å². The SMILES string of the molecule is O=C(c1ccc(Br)c(O)c1)N1CCCC1CCCBr. The first-order valence-corrected chi connectivity index (χ1v) is 8.40. The molecule has 0 aliphatic carbocycles. The summed E-state index contributed by atoms with van der Waals surface area (Å²) < 4.78 is 0.612. The number of likely N-dealkylation sites (tertiary alicyclic amines) is 1. The van der Waals surface area contributed by atoms with Crippen molar-refractivity contribution in [3.63, 3.8) is 0 Å². The zero-order valence-electron chi connectivity index (χ0n) is 10.6. The lowest BCUT2D eigenvalue weighted by Gasteiger charge is -2.24. The molecule has 0 saturated carbocycles. The number of alkyl halides is 1. The maximum atomic E-state index is 12.5. The van der Waals surface area contributed by atoms with E-state index in [1.807, 2.05) is 4.90 Å². The second-order valence-electron chi connectivity index (χ2n) is 4.79. The molecule has 1 amide bonds. The Morgan fingerprint density at radius 3 is 2.95 bits per heavy atom. The van der Waals surface area contributed by atoms with Gasteiger partial charge >= 0.3 is 0 Å². The van der Waals surface area contributed by atoms with Crippen molar-refractivity contribution in [2.45, 2.75) is 31.7 Å². The van der Waals surface area contributed by atoms with Gasteiger partial charge in [0.15, 0.2) is 0 Å². The third kappa shape index (κ3) is 3.51. The number of nitrogens with zero attached hydrogens (tertiary/aromatic N) is 1. The number of amides is 1. The summed E-state index contributed by atoms with van der Waals surface area (Å²) in [4.78, 5) is 14.4. The van der Waals surface area contributed by atoms with Crippen molar-refractivity contribution in [1.82, 2.24) is 4.90 Å². The highest BCUT2D eigenvalue weighted by Gasteiger charge is 2.29. The molecule has 1 N–H and O–H groups in total. The molecule has 5 heteroatoms. The molecule has 0 radical (unpaired) electrons. The topological polar surface area (TPSA) is 40.5 Å². The largest absolute Gasteiger partial charge is 0.507 e. The number of phenols is 1. The molecule has 19 heavy (non-hydrogen) atoms. The molecular formula is C14H17Br2NO2. The fraction of sp³-hybridized carbons (Fsp3) is 0.500. The number of aromatic hydroxyl groups is 1. The highest BCUT2D eigenvalue weighted by atomic mass is 79.9. The van der Waals surface area contributed by atoms with Crippen LogP contribution >= 0.6 is 31.9 Å². The van der Waals surface area contributed by atoms with Crippen LogP contribution in [0.5, 0.6) is 5.75 Å². The van der Waals surface area contributed by atoms with Gasteiger partial charge in [0.2, 0.25) is 0 Å². The van der Waals surface area contributed by atoms with E-state index in [1.54, 1.807) is 12.1 Å². The maximum Gasteiger partial charge on any atom is 0.254 e. The van der Waals surface area contributed by atoms with Gasteiger partial charge in [-0.1, -0.05) is 15.9 Å². The fourth-order valence-electron chi connectivity index (χ4n) is 2.53. The zero-order valence-corrected chi connectivity index (χ0v) is 13.8. The molecule has 1 aliphatic rings. The molecule has 1 saturated heterocycles. The van der Waals surface area contributed by atoms with E-state index >= 15 is 0 Å². The summed E-state index contributed by atoms with van der Waals surface area (Å²) >= 11 is 6.66. The maximum absolute atomic E-state index is 12.5. The van der Waals surface area contributed by atoms with Crippen LogP contribution < -0.4 is 0 Å². The molecule has 0 aromatic heterocycles. The minimum atomic E-state index is 0.0277. The van der Waals surface area contributed by atoms with E-state index in [9.17, 15) is 9.90 Å². The van der Waals surface area contributed by atoms with Crippen LogP contribution in [0.2, 0.25) is 0 Å². The quantitative estimate of drug-likeness (QED) is 0.791. The lowest BCUT2D eigenvalue weighted by Crippen LogP contribution is -2.35. The first kappa shape index (κ1) is 14.9. The molecule has 1 aromatic rings. The Morgan fingerprint density at radius 1 is 1.47 bits per heavy atom. The molecule has 1 atom stereocenters. The average molecular weight is 391 g/mol. The normalized spacial score (nSPS) is 18.8. The number of carbonyl (C=O) groups excluding carboxylic acids is 1. The van der Waals surface area contributed by atoms with Crippen molar-refractivity contribution in [3.8, 4) is 5.75 Å². The molecule has 1 aromatic carbocycles. The smallest absolute Gasteiger partial charge is 0.254 e. The van der Waals surface area contributed by atoms with Gasteiger partial charge in [-0.15, -0.1) is 0 Å². The molecule has 2 rings (SSSR count). The second-order valence-corrected chi connectivity index (χ2v) is 6.44. The van der Waals surface area contributed by atoms with Crippen molar-refractivity contribution in [1.29, 1.82) is 0 Å². The van der Waals surface area contributed by atoms with E-state index in [0.717, 1.165) is 37.6 Å². The van der Waals surface area contributed by atoms with Crippen LogP contribution in [-0.2, 0) is 0 Å². The standard InChI is InChI=1S/C14H17Br2NO2/c15-7-1-3-11-4-2-8-17(11)14(19)10-5-6-12(16)13(18)9-10/h5-6,9,11,18H,1-4,7-8H2. The molecule has 1 unspecified atom stereocenters. The van der Waals surface area contributed by atoms with Crippen LogP contribution in [0.1, 0.15) is 36.0 Å². The Bertz CT molecular complexity index is 465. The highest BCUT2D eigenvalue weighted by Crippen LogP contribution is 2.28. The first-order chi connectivity index (χ1) is 9.13. The van der Waals surface area contributed by atoms with Crippen LogP contribution in [0.3, 0.4) is 0 Å². The monoisotopic (exact) mass is 389 g/mol. The van der Waals surface area contributed by atoms with Gasteiger partial charge in [0, 0.05) is 23.5 Å². The zero-order chi connectivity index (χ0) is 13.8. The summed E-state index contributed by atoms with van der Waals surface area (Å²) in [6.07, 6.45) is 4.28. The first-order valence-electron chi connectivity index (χ1n) is 6.49. The van der Waals surface area contributed by atoms with E-state index < -0.39 is 0 Å². The molecular weight excluding hydrogens is 374 g/mol. The number of hydrogen-bond donors (Lipinski definition) is 1. The summed E-state index contributed by atoms with van der Waals surface area (Å²) in [7, 11) is 0. The summed E-state index contributed by atoms with van der Waals surface area (Å²) in [5.74, 6) is 0.141. The molecule has 0 spiro atoms. The van der Waals surface area contributed by atoms with Crippen molar-refractivity contribution >= 4 is 37.8 Å². The molecule has 104 valence electrons. The highest BCUT2D eigenvalue weighted by molar-refractivity contribution is 9.10. The molecule has 1 aliphatic heterocycles. The third-order valence-electron chi connectivity index (χ3n) is 3.50. The van der Waals surface area contributed by atoms with Crippen molar-refractivity contribution < 1.29 is 9.90 Å². The number of benzene rings is 1. The Morgan fingerprint density at radius 2 is 2.26 bits per heavy atom. The van der Waals surface area contributed by atoms with E-state index in [1.165, 1.54) is 6.07 Å². The van der Waals surface area contributed by atoms with Crippen LogP contribution in [0, 0.1) is 0 Å². The Hall–Kier alpha value is -0.550. The summed E-state index contributed by atoms with van der Waals surface area (Å²) in [5, 5.41) is 10.7. The van der Waals surface area contributed by atoms with E-state index in [-0.39, 0.29) is 11.7 Å². The van der Waals surface area contributed by atoms with Gasteiger partial charge in [-0.05, 0) is 59.8 Å². The Kier molecular flexibility index (Phi) is 5.28. The minimum Gasteiger partial charge on any atom is -0.507 e. The number of phenolic OH excluding ortho intramolecular Hbond substituents is 1. The third-order valence-corrected chi connectivity index (χ3v) is 4.73. The molecule has 0 bridgehead atoms. The number of hydrogen-bond acceptors (Lipinski definition) is 2. The number of carbonyl (C=O) groups is 1. The van der Waals surface area contributed by atoms with E-state index in [0.29, 0.717) is 16.1 Å². The van der Waals surface area contributed by atoms with Crippen molar-refractivity contribution in [2.24, 2.45) is 0 Å². The van der Waals surface area contributed by atoms with Gasteiger partial charge in [0.25, 0.3) is 5.91 Å². The Labute approximate surface area is 130 Å². The van der Waals surface area contributed by atoms with Crippen molar-refractivity contribution in [3.05, 3.63) is 28.2 Å². The molecule has 1 heterocycles. The molecule has 1 fully saturated rings. The van der Waals surface area contributed by atoms with Gasteiger partial charge in [-0.25, -0.2) is 0 Å². The van der Waals surface area contributed by atoms with E-state index in [4.69, 9.17) is 0 Å². The van der Waals surface area contributed by atoms with Crippen LogP contribution in [0.25, 0.3) is 0 Å². The summed E-state index contributed by atoms with van der Waals surface area (Å²) in [5.41, 5.74) is 0.562. The van der Waals surface area contributed by atoms with Gasteiger partial charge in [0.1, 0.15) is 5.75 Å². The summed E-state index contributed by atoms with van der Waals surface area (Å²) in [6, 6.07) is 5.35. The fourth-order valence-corrected chi connectivity index (χ4v) is 3.10. The molecule has 3 nitrogen and oxygen atoms in total. The van der Waals surface area contributed by atoms with Crippen LogP contribution in [0.15, 0.2) is 22.7 Å².